The fraction of sp³-hybridized carbons (Fsp3) is 0.429. The molecule has 0 spiro atoms. The van der Waals surface area contributed by atoms with Crippen molar-refractivity contribution in [3.05, 3.63) is 71.8 Å². The van der Waals surface area contributed by atoms with Gasteiger partial charge in [0.15, 0.2) is 0 Å². The SMILES string of the molecule is CC(CN(Cc1ccccc1)Cc1ccccc1)OCC1CC1. The predicted molar refractivity (Wildman–Crippen MR) is 95.1 cm³/mol. The van der Waals surface area contributed by atoms with Gasteiger partial charge in [0.25, 0.3) is 0 Å². The number of hydrogen-bond acceptors (Lipinski definition) is 2. The number of rotatable bonds is 9. The first-order chi connectivity index (χ1) is 11.3. The van der Waals surface area contributed by atoms with Crippen LogP contribution in [0.4, 0.5) is 0 Å². The lowest BCUT2D eigenvalue weighted by Gasteiger charge is -2.26. The van der Waals surface area contributed by atoms with Gasteiger partial charge >= 0.3 is 0 Å². The Kier molecular flexibility index (Phi) is 5.84. The van der Waals surface area contributed by atoms with Crippen LogP contribution in [0.25, 0.3) is 0 Å². The fourth-order valence-corrected chi connectivity index (χ4v) is 2.87. The molecule has 1 aliphatic carbocycles. The molecular weight excluding hydrogens is 282 g/mol. The summed E-state index contributed by atoms with van der Waals surface area (Å²) in [7, 11) is 0. The highest BCUT2D eigenvalue weighted by Gasteiger charge is 2.22. The van der Waals surface area contributed by atoms with Gasteiger partial charge in [-0.25, -0.2) is 0 Å². The van der Waals surface area contributed by atoms with Gasteiger partial charge in [-0.15, -0.1) is 0 Å². The van der Waals surface area contributed by atoms with E-state index in [0.717, 1.165) is 32.2 Å². The molecule has 0 aliphatic heterocycles. The Hall–Kier alpha value is -1.64. The van der Waals surface area contributed by atoms with Crippen LogP contribution in [0, 0.1) is 5.92 Å². The maximum Gasteiger partial charge on any atom is 0.0674 e. The van der Waals surface area contributed by atoms with E-state index in [9.17, 15) is 0 Å². The maximum absolute atomic E-state index is 6.03. The number of nitrogens with zero attached hydrogens (tertiary/aromatic N) is 1. The summed E-state index contributed by atoms with van der Waals surface area (Å²) in [6, 6.07) is 21.4. The Bertz CT molecular complexity index is 523. The summed E-state index contributed by atoms with van der Waals surface area (Å²) < 4.78 is 6.03. The minimum atomic E-state index is 0.281. The average molecular weight is 309 g/mol. The Labute approximate surface area is 140 Å². The molecule has 2 aromatic carbocycles. The summed E-state index contributed by atoms with van der Waals surface area (Å²) in [6.45, 7) is 6.04. The summed E-state index contributed by atoms with van der Waals surface area (Å²) in [5.74, 6) is 0.828. The van der Waals surface area contributed by atoms with E-state index in [1.807, 2.05) is 0 Å². The van der Waals surface area contributed by atoms with Gasteiger partial charge in [-0.1, -0.05) is 60.7 Å². The molecule has 2 heteroatoms. The van der Waals surface area contributed by atoms with Crippen LogP contribution in [0.2, 0.25) is 0 Å². The van der Waals surface area contributed by atoms with Crippen molar-refractivity contribution < 1.29 is 4.74 Å². The van der Waals surface area contributed by atoms with Crippen molar-refractivity contribution in [1.29, 1.82) is 0 Å². The second-order valence-electron chi connectivity index (χ2n) is 6.73. The van der Waals surface area contributed by atoms with E-state index in [1.54, 1.807) is 0 Å². The van der Waals surface area contributed by atoms with E-state index in [1.165, 1.54) is 24.0 Å². The second-order valence-corrected chi connectivity index (χ2v) is 6.73. The van der Waals surface area contributed by atoms with Crippen molar-refractivity contribution in [1.82, 2.24) is 4.90 Å². The standard InChI is InChI=1S/C21H27NO/c1-18(23-17-21-12-13-21)14-22(15-19-8-4-2-5-9-19)16-20-10-6-3-7-11-20/h2-11,18,21H,12-17H2,1H3. The van der Waals surface area contributed by atoms with E-state index in [-0.39, 0.29) is 6.10 Å². The van der Waals surface area contributed by atoms with Gasteiger partial charge in [0.1, 0.15) is 0 Å². The third-order valence-corrected chi connectivity index (χ3v) is 4.33. The number of hydrogen-bond donors (Lipinski definition) is 0. The molecule has 0 aromatic heterocycles. The molecule has 1 saturated carbocycles. The summed E-state index contributed by atoms with van der Waals surface area (Å²) in [6.07, 6.45) is 2.98. The molecule has 1 unspecified atom stereocenters. The third-order valence-electron chi connectivity index (χ3n) is 4.33. The van der Waals surface area contributed by atoms with Crippen LogP contribution >= 0.6 is 0 Å². The van der Waals surface area contributed by atoms with Crippen molar-refractivity contribution in [2.45, 2.75) is 39.0 Å². The molecule has 122 valence electrons. The first kappa shape index (κ1) is 16.2. The highest BCUT2D eigenvalue weighted by atomic mass is 16.5. The second kappa shape index (κ2) is 8.28. The van der Waals surface area contributed by atoms with Gasteiger partial charge in [-0.05, 0) is 36.8 Å². The van der Waals surface area contributed by atoms with Crippen molar-refractivity contribution in [3.63, 3.8) is 0 Å². The fourth-order valence-electron chi connectivity index (χ4n) is 2.87. The molecule has 0 N–H and O–H groups in total. The van der Waals surface area contributed by atoms with Crippen LogP contribution < -0.4 is 0 Å². The lowest BCUT2D eigenvalue weighted by atomic mass is 10.1. The minimum Gasteiger partial charge on any atom is -0.377 e. The van der Waals surface area contributed by atoms with Crippen LogP contribution in [0.15, 0.2) is 60.7 Å². The minimum absolute atomic E-state index is 0.281. The molecule has 23 heavy (non-hydrogen) atoms. The van der Waals surface area contributed by atoms with Crippen LogP contribution in [-0.2, 0) is 17.8 Å². The van der Waals surface area contributed by atoms with Gasteiger partial charge in [0.2, 0.25) is 0 Å². The van der Waals surface area contributed by atoms with Crippen molar-refractivity contribution in [3.8, 4) is 0 Å². The zero-order chi connectivity index (χ0) is 15.9. The Morgan fingerprint density at radius 2 is 1.43 bits per heavy atom. The molecule has 2 aromatic rings. The van der Waals surface area contributed by atoms with Crippen LogP contribution in [-0.4, -0.2) is 24.2 Å². The molecule has 0 bridgehead atoms. The summed E-state index contributed by atoms with van der Waals surface area (Å²) >= 11 is 0. The van der Waals surface area contributed by atoms with Gasteiger partial charge in [-0.2, -0.15) is 0 Å². The van der Waals surface area contributed by atoms with E-state index < -0.39 is 0 Å². The van der Waals surface area contributed by atoms with Gasteiger partial charge in [0, 0.05) is 26.2 Å². The quantitative estimate of drug-likeness (QED) is 0.676. The van der Waals surface area contributed by atoms with Crippen molar-refractivity contribution in [2.24, 2.45) is 5.92 Å². The summed E-state index contributed by atoms with van der Waals surface area (Å²) in [4.78, 5) is 2.49. The molecular formula is C21H27NO. The smallest absolute Gasteiger partial charge is 0.0674 e. The highest BCUT2D eigenvalue weighted by Crippen LogP contribution is 2.29. The Morgan fingerprint density at radius 1 is 0.913 bits per heavy atom. The third kappa shape index (κ3) is 5.81. The molecule has 0 heterocycles. The molecule has 2 nitrogen and oxygen atoms in total. The van der Waals surface area contributed by atoms with Crippen molar-refractivity contribution in [2.75, 3.05) is 13.2 Å². The zero-order valence-corrected chi connectivity index (χ0v) is 14.0. The monoisotopic (exact) mass is 309 g/mol. The number of ether oxygens (including phenoxy) is 1. The van der Waals surface area contributed by atoms with Crippen LogP contribution in [0.3, 0.4) is 0 Å². The van der Waals surface area contributed by atoms with Crippen LogP contribution in [0.5, 0.6) is 0 Å². The molecule has 0 saturated heterocycles. The van der Waals surface area contributed by atoms with Crippen molar-refractivity contribution >= 4 is 0 Å². The lowest BCUT2D eigenvalue weighted by molar-refractivity contribution is 0.0279. The lowest BCUT2D eigenvalue weighted by Crippen LogP contribution is -2.32. The largest absolute Gasteiger partial charge is 0.377 e. The normalized spacial score (nSPS) is 15.7. The van der Waals surface area contributed by atoms with Gasteiger partial charge in [-0.3, -0.25) is 4.90 Å². The number of benzene rings is 2. The molecule has 1 atom stereocenters. The highest BCUT2D eigenvalue weighted by molar-refractivity contribution is 5.17. The molecule has 1 aliphatic rings. The maximum atomic E-state index is 6.03. The van der Waals surface area contributed by atoms with E-state index in [2.05, 4.69) is 72.5 Å². The topological polar surface area (TPSA) is 12.5 Å². The summed E-state index contributed by atoms with van der Waals surface area (Å²) in [5, 5.41) is 0. The molecule has 0 amide bonds. The first-order valence-electron chi connectivity index (χ1n) is 8.71. The first-order valence-corrected chi connectivity index (χ1v) is 8.71. The van der Waals surface area contributed by atoms with Gasteiger partial charge in [0.05, 0.1) is 6.10 Å². The zero-order valence-electron chi connectivity index (χ0n) is 14.0. The molecule has 0 radical (unpaired) electrons. The Balaban J connectivity index is 1.59. The summed E-state index contributed by atoms with van der Waals surface area (Å²) in [5.41, 5.74) is 2.72. The Morgan fingerprint density at radius 3 is 1.91 bits per heavy atom. The van der Waals surface area contributed by atoms with E-state index in [4.69, 9.17) is 4.74 Å². The molecule has 1 fully saturated rings. The average Bonchev–Trinajstić information content (AvgIpc) is 3.39. The van der Waals surface area contributed by atoms with Crippen LogP contribution in [0.1, 0.15) is 30.9 Å². The molecule has 3 rings (SSSR count). The van der Waals surface area contributed by atoms with Gasteiger partial charge < -0.3 is 4.74 Å². The van der Waals surface area contributed by atoms with E-state index in [0.29, 0.717) is 0 Å². The van der Waals surface area contributed by atoms with E-state index >= 15 is 0 Å². The predicted octanol–water partition coefficient (Wildman–Crippen LogP) is 4.50.